The number of fused-ring (bicyclic) bond motifs is 3. The fourth-order valence-corrected chi connectivity index (χ4v) is 4.06. The van der Waals surface area contributed by atoms with Crippen LogP contribution < -0.4 is 9.47 Å². The quantitative estimate of drug-likeness (QED) is 0.775. The molecule has 0 aromatic heterocycles. The van der Waals surface area contributed by atoms with Crippen LogP contribution in [0.15, 0.2) is 29.4 Å². The Labute approximate surface area is 148 Å². The summed E-state index contributed by atoms with van der Waals surface area (Å²) in [5, 5.41) is 0. The molecule has 0 saturated heterocycles. The van der Waals surface area contributed by atoms with Gasteiger partial charge in [0.05, 0.1) is 19.1 Å². The second-order valence-corrected chi connectivity index (χ2v) is 7.09. The van der Waals surface area contributed by atoms with Crippen molar-refractivity contribution in [3.8, 4) is 11.5 Å². The molecule has 1 aromatic rings. The molecule has 0 unspecified atom stereocenters. The summed E-state index contributed by atoms with van der Waals surface area (Å²) < 4.78 is 11.4. The van der Waals surface area contributed by atoms with Crippen LogP contribution in [0.5, 0.6) is 11.5 Å². The fourth-order valence-electron chi connectivity index (χ4n) is 4.06. The fraction of sp³-hybridized carbons (Fsp3) is 0.429. The third-order valence-corrected chi connectivity index (χ3v) is 5.01. The number of benzene rings is 1. The minimum Gasteiger partial charge on any atom is -0.493 e. The lowest BCUT2D eigenvalue weighted by molar-refractivity contribution is -0.129. The van der Waals surface area contributed by atoms with Gasteiger partial charge in [0, 0.05) is 5.92 Å². The summed E-state index contributed by atoms with van der Waals surface area (Å²) in [5.41, 5.74) is 5.13. The Kier molecular flexibility index (Phi) is 4.31. The zero-order valence-electron chi connectivity index (χ0n) is 15.6. The molecule has 2 atom stereocenters. The summed E-state index contributed by atoms with van der Waals surface area (Å²) in [6, 6.07) is 3.90. The Bertz CT molecular complexity index is 827. The summed E-state index contributed by atoms with van der Waals surface area (Å²) in [6.45, 7) is 9.42. The van der Waals surface area contributed by atoms with Gasteiger partial charge in [-0.1, -0.05) is 0 Å². The predicted molar refractivity (Wildman–Crippen MR) is 97.0 cm³/mol. The maximum atomic E-state index is 12.5. The molecule has 2 aliphatic rings. The highest BCUT2D eigenvalue weighted by Gasteiger charge is 2.44. The van der Waals surface area contributed by atoms with E-state index in [1.807, 2.05) is 39.8 Å². The van der Waals surface area contributed by atoms with Crippen LogP contribution in [0.25, 0.3) is 5.57 Å². The number of allylic oxidation sites excluding steroid dienone is 4. The molecule has 2 aliphatic carbocycles. The number of carbonyl (C=O) groups is 2. The molecule has 3 rings (SSSR count). The standard InChI is InChI=1S/C21H24O4/c1-10(2)25-18-8-14-12(4)19-11(3)7-16(23)20(13(5)22)21(19)15(14)9-17(18)24-6/h7-10,20-21H,1-6H3/t20-,21+/m1/s1. The summed E-state index contributed by atoms with van der Waals surface area (Å²) in [6.07, 6.45) is 1.63. The first-order chi connectivity index (χ1) is 11.8. The van der Waals surface area contributed by atoms with Crippen molar-refractivity contribution in [2.45, 2.75) is 46.6 Å². The number of carbonyl (C=O) groups excluding carboxylic acids is 2. The first kappa shape index (κ1) is 17.5. The lowest BCUT2D eigenvalue weighted by Gasteiger charge is -2.28. The molecule has 0 radical (unpaired) electrons. The Morgan fingerprint density at radius 3 is 2.40 bits per heavy atom. The molecule has 4 nitrogen and oxygen atoms in total. The van der Waals surface area contributed by atoms with Crippen LogP contribution in [0.3, 0.4) is 0 Å². The third-order valence-electron chi connectivity index (χ3n) is 5.01. The van der Waals surface area contributed by atoms with Gasteiger partial charge in [0.2, 0.25) is 0 Å². The van der Waals surface area contributed by atoms with Crippen molar-refractivity contribution in [1.82, 2.24) is 0 Å². The van der Waals surface area contributed by atoms with E-state index in [1.165, 1.54) is 6.92 Å². The van der Waals surface area contributed by atoms with Gasteiger partial charge in [-0.15, -0.1) is 0 Å². The van der Waals surface area contributed by atoms with Crippen molar-refractivity contribution in [2.75, 3.05) is 7.11 Å². The molecule has 0 aliphatic heterocycles. The van der Waals surface area contributed by atoms with Gasteiger partial charge in [-0.3, -0.25) is 9.59 Å². The van der Waals surface area contributed by atoms with E-state index < -0.39 is 5.92 Å². The molecule has 0 bridgehead atoms. The van der Waals surface area contributed by atoms with Crippen LogP contribution >= 0.6 is 0 Å². The van der Waals surface area contributed by atoms with Crippen LogP contribution in [0.4, 0.5) is 0 Å². The van der Waals surface area contributed by atoms with Gasteiger partial charge in [0.15, 0.2) is 17.3 Å². The summed E-state index contributed by atoms with van der Waals surface area (Å²) in [7, 11) is 1.60. The molecule has 0 spiro atoms. The minimum atomic E-state index is -0.656. The monoisotopic (exact) mass is 340 g/mol. The zero-order chi connectivity index (χ0) is 18.5. The SMILES string of the molecule is COc1cc2c(cc1OC(C)C)C(C)=C1C(C)=CC(=O)[C@@H](C(C)=O)[C@H]12. The second kappa shape index (κ2) is 6.17. The van der Waals surface area contributed by atoms with E-state index >= 15 is 0 Å². The van der Waals surface area contributed by atoms with E-state index in [0.29, 0.717) is 11.5 Å². The molecule has 132 valence electrons. The van der Waals surface area contributed by atoms with Crippen molar-refractivity contribution in [2.24, 2.45) is 5.92 Å². The number of hydrogen-bond acceptors (Lipinski definition) is 4. The van der Waals surface area contributed by atoms with Gasteiger partial charge in [0.1, 0.15) is 5.78 Å². The van der Waals surface area contributed by atoms with E-state index in [4.69, 9.17) is 9.47 Å². The molecule has 0 heterocycles. The lowest BCUT2D eigenvalue weighted by Crippen LogP contribution is -2.31. The van der Waals surface area contributed by atoms with Crippen molar-refractivity contribution in [3.05, 3.63) is 40.5 Å². The molecule has 25 heavy (non-hydrogen) atoms. The molecular formula is C21H24O4. The Morgan fingerprint density at radius 1 is 1.16 bits per heavy atom. The normalized spacial score (nSPS) is 21.9. The second-order valence-electron chi connectivity index (χ2n) is 7.09. The van der Waals surface area contributed by atoms with Gasteiger partial charge in [-0.2, -0.15) is 0 Å². The van der Waals surface area contributed by atoms with Gasteiger partial charge in [0.25, 0.3) is 0 Å². The minimum absolute atomic E-state index is 0.0248. The lowest BCUT2D eigenvalue weighted by atomic mass is 9.72. The van der Waals surface area contributed by atoms with E-state index in [2.05, 4.69) is 0 Å². The van der Waals surface area contributed by atoms with Gasteiger partial charge < -0.3 is 9.47 Å². The summed E-state index contributed by atoms with van der Waals surface area (Å²) in [4.78, 5) is 24.7. The highest BCUT2D eigenvalue weighted by atomic mass is 16.5. The smallest absolute Gasteiger partial charge is 0.167 e. The number of hydrogen-bond donors (Lipinski definition) is 0. The average Bonchev–Trinajstić information content (AvgIpc) is 2.78. The Balaban J connectivity index is 2.23. The van der Waals surface area contributed by atoms with Crippen molar-refractivity contribution in [3.63, 3.8) is 0 Å². The van der Waals surface area contributed by atoms with Gasteiger partial charge in [-0.25, -0.2) is 0 Å². The van der Waals surface area contributed by atoms with Crippen molar-refractivity contribution in [1.29, 1.82) is 0 Å². The summed E-state index contributed by atoms with van der Waals surface area (Å²) in [5.74, 6) is 0.216. The molecule has 0 fully saturated rings. The van der Waals surface area contributed by atoms with Gasteiger partial charge >= 0.3 is 0 Å². The van der Waals surface area contributed by atoms with Crippen LogP contribution in [-0.2, 0) is 9.59 Å². The molecule has 1 aromatic carbocycles. The maximum Gasteiger partial charge on any atom is 0.167 e. The van der Waals surface area contributed by atoms with E-state index in [-0.39, 0.29) is 23.6 Å². The van der Waals surface area contributed by atoms with Crippen LogP contribution in [0, 0.1) is 5.92 Å². The summed E-state index contributed by atoms with van der Waals surface area (Å²) >= 11 is 0. The maximum absolute atomic E-state index is 12.5. The molecule has 0 N–H and O–H groups in total. The third kappa shape index (κ3) is 2.70. The first-order valence-electron chi connectivity index (χ1n) is 8.59. The zero-order valence-corrected chi connectivity index (χ0v) is 15.6. The van der Waals surface area contributed by atoms with Crippen LogP contribution in [-0.4, -0.2) is 24.8 Å². The average molecular weight is 340 g/mol. The highest BCUT2D eigenvalue weighted by molar-refractivity contribution is 6.11. The van der Waals surface area contributed by atoms with Gasteiger partial charge in [-0.05, 0) is 80.7 Å². The molecule has 0 saturated carbocycles. The van der Waals surface area contributed by atoms with Crippen LogP contribution in [0.2, 0.25) is 0 Å². The first-order valence-corrected chi connectivity index (χ1v) is 8.59. The van der Waals surface area contributed by atoms with Crippen molar-refractivity contribution < 1.29 is 19.1 Å². The number of ketones is 2. The van der Waals surface area contributed by atoms with Crippen LogP contribution in [0.1, 0.15) is 51.7 Å². The van der Waals surface area contributed by atoms with E-state index in [0.717, 1.165) is 27.8 Å². The largest absolute Gasteiger partial charge is 0.493 e. The molecular weight excluding hydrogens is 316 g/mol. The number of methoxy groups -OCH3 is 1. The molecule has 4 heteroatoms. The number of ether oxygens (including phenoxy) is 2. The Morgan fingerprint density at radius 2 is 1.84 bits per heavy atom. The van der Waals surface area contributed by atoms with Crippen molar-refractivity contribution >= 4 is 17.1 Å². The van der Waals surface area contributed by atoms with E-state index in [1.54, 1.807) is 13.2 Å². The van der Waals surface area contributed by atoms with E-state index in [9.17, 15) is 9.59 Å². The molecule has 0 amide bonds. The highest BCUT2D eigenvalue weighted by Crippen LogP contribution is 2.53. The Hall–Kier alpha value is -2.36. The number of Topliss-reactive ketones (excluding diaryl/α,β-unsaturated/α-hetero) is 1. The number of rotatable bonds is 4. The topological polar surface area (TPSA) is 52.6 Å². The predicted octanol–water partition coefficient (Wildman–Crippen LogP) is 4.09.